The molecule has 0 aliphatic rings. The Morgan fingerprint density at radius 1 is 1.16 bits per heavy atom. The first-order chi connectivity index (χ1) is 8.90. The van der Waals surface area contributed by atoms with Crippen LogP contribution in [-0.2, 0) is 19.1 Å². The van der Waals surface area contributed by atoms with Gasteiger partial charge in [0.05, 0.1) is 4.90 Å². The molecule has 0 saturated carbocycles. The summed E-state index contributed by atoms with van der Waals surface area (Å²) in [6, 6.07) is 6.34. The van der Waals surface area contributed by atoms with Crippen molar-refractivity contribution in [2.75, 3.05) is 6.61 Å². The molecule has 0 aromatic heterocycles. The van der Waals surface area contributed by atoms with Crippen LogP contribution < -0.4 is 0 Å². The van der Waals surface area contributed by atoms with Crippen molar-refractivity contribution < 1.29 is 17.4 Å². The number of ketones is 1. The lowest BCUT2D eigenvalue weighted by Gasteiger charge is -2.11. The third kappa shape index (κ3) is 4.44. The Morgan fingerprint density at radius 3 is 2.16 bits per heavy atom. The second-order valence-electron chi connectivity index (χ2n) is 4.51. The van der Waals surface area contributed by atoms with Crippen molar-refractivity contribution in [1.82, 2.24) is 0 Å². The molecule has 0 aliphatic carbocycles. The predicted octanol–water partition coefficient (Wildman–Crippen LogP) is 2.71. The largest absolute Gasteiger partial charge is 0.297 e. The Bertz CT molecular complexity index is 513. The lowest BCUT2D eigenvalue weighted by atomic mass is 9.99. The van der Waals surface area contributed by atoms with Crippen molar-refractivity contribution in [3.8, 4) is 0 Å². The fourth-order valence-corrected chi connectivity index (χ4v) is 2.65. The molecule has 0 radical (unpaired) electrons. The second kappa shape index (κ2) is 6.82. The molecule has 0 spiro atoms. The topological polar surface area (TPSA) is 60.4 Å². The first-order valence-corrected chi connectivity index (χ1v) is 7.80. The molecule has 1 aromatic rings. The Kier molecular flexibility index (Phi) is 5.69. The van der Waals surface area contributed by atoms with Gasteiger partial charge >= 0.3 is 0 Å². The molecule has 0 atom stereocenters. The van der Waals surface area contributed by atoms with E-state index in [9.17, 15) is 13.2 Å². The van der Waals surface area contributed by atoms with Gasteiger partial charge in [-0.1, -0.05) is 31.5 Å². The van der Waals surface area contributed by atoms with Gasteiger partial charge in [0.1, 0.15) is 6.61 Å². The summed E-state index contributed by atoms with van der Waals surface area (Å²) in [6.45, 7) is 5.29. The summed E-state index contributed by atoms with van der Waals surface area (Å²) in [5.74, 6) is -0.297. The van der Waals surface area contributed by atoms with Crippen LogP contribution in [-0.4, -0.2) is 20.8 Å². The number of carbonyl (C=O) groups is 1. The van der Waals surface area contributed by atoms with Crippen LogP contribution in [0.5, 0.6) is 0 Å². The van der Waals surface area contributed by atoms with Gasteiger partial charge in [-0.05, 0) is 31.9 Å². The highest BCUT2D eigenvalue weighted by atomic mass is 32.2. The maximum Gasteiger partial charge on any atom is 0.297 e. The van der Waals surface area contributed by atoms with E-state index in [-0.39, 0.29) is 23.2 Å². The Labute approximate surface area is 114 Å². The average molecular weight is 284 g/mol. The molecule has 0 bridgehead atoms. The van der Waals surface area contributed by atoms with Gasteiger partial charge in [-0.3, -0.25) is 8.98 Å². The van der Waals surface area contributed by atoms with Crippen molar-refractivity contribution in [3.05, 3.63) is 29.8 Å². The Balaban J connectivity index is 2.71. The normalized spacial score (nSPS) is 11.8. The average Bonchev–Trinajstić information content (AvgIpc) is 2.38. The summed E-state index contributed by atoms with van der Waals surface area (Å²) in [6.07, 6.45) is 1.40. The van der Waals surface area contributed by atoms with E-state index in [2.05, 4.69) is 0 Å². The SMILES string of the molecule is CCC(CC)C(=O)COS(=O)(=O)c1ccc(C)cc1. The number of hydrogen-bond donors (Lipinski definition) is 0. The zero-order valence-electron chi connectivity index (χ0n) is 11.5. The summed E-state index contributed by atoms with van der Waals surface area (Å²) in [5.41, 5.74) is 0.965. The molecule has 0 saturated heterocycles. The van der Waals surface area contributed by atoms with Crippen LogP contribution in [0.4, 0.5) is 0 Å². The van der Waals surface area contributed by atoms with Gasteiger partial charge in [-0.25, -0.2) is 0 Å². The summed E-state index contributed by atoms with van der Waals surface area (Å²) >= 11 is 0. The minimum Gasteiger partial charge on any atom is -0.297 e. The highest BCUT2D eigenvalue weighted by Gasteiger charge is 2.20. The zero-order chi connectivity index (χ0) is 14.5. The Hall–Kier alpha value is -1.20. The van der Waals surface area contributed by atoms with Gasteiger partial charge in [0, 0.05) is 5.92 Å². The summed E-state index contributed by atoms with van der Waals surface area (Å²) in [5, 5.41) is 0. The minimum atomic E-state index is -3.84. The number of Topliss-reactive ketones (excluding diaryl/α,β-unsaturated/α-hetero) is 1. The van der Waals surface area contributed by atoms with Crippen molar-refractivity contribution in [3.63, 3.8) is 0 Å². The molecule has 106 valence electrons. The maximum atomic E-state index is 11.9. The number of aryl methyl sites for hydroxylation is 1. The van der Waals surface area contributed by atoms with Crippen molar-refractivity contribution in [1.29, 1.82) is 0 Å². The van der Waals surface area contributed by atoms with Crippen LogP contribution in [0.3, 0.4) is 0 Å². The van der Waals surface area contributed by atoms with Crippen molar-refractivity contribution in [2.24, 2.45) is 5.92 Å². The molecular weight excluding hydrogens is 264 g/mol. The lowest BCUT2D eigenvalue weighted by molar-refractivity contribution is -0.125. The van der Waals surface area contributed by atoms with Gasteiger partial charge < -0.3 is 0 Å². The third-order valence-electron chi connectivity index (χ3n) is 3.11. The first kappa shape index (κ1) is 15.9. The highest BCUT2D eigenvalue weighted by molar-refractivity contribution is 7.86. The first-order valence-electron chi connectivity index (χ1n) is 6.39. The predicted molar refractivity (Wildman–Crippen MR) is 73.4 cm³/mol. The van der Waals surface area contributed by atoms with Crippen LogP contribution >= 0.6 is 0 Å². The molecule has 19 heavy (non-hydrogen) atoms. The zero-order valence-corrected chi connectivity index (χ0v) is 12.4. The Morgan fingerprint density at radius 2 is 1.68 bits per heavy atom. The highest BCUT2D eigenvalue weighted by Crippen LogP contribution is 2.15. The van der Waals surface area contributed by atoms with E-state index >= 15 is 0 Å². The van der Waals surface area contributed by atoms with Gasteiger partial charge in [-0.2, -0.15) is 8.42 Å². The second-order valence-corrected chi connectivity index (χ2v) is 6.12. The maximum absolute atomic E-state index is 11.9. The molecule has 4 nitrogen and oxygen atoms in total. The van der Waals surface area contributed by atoms with Crippen LogP contribution in [0.25, 0.3) is 0 Å². The van der Waals surface area contributed by atoms with Crippen LogP contribution in [0, 0.1) is 12.8 Å². The molecule has 0 amide bonds. The van der Waals surface area contributed by atoms with Crippen LogP contribution in [0.15, 0.2) is 29.2 Å². The molecule has 0 N–H and O–H groups in total. The van der Waals surface area contributed by atoms with E-state index in [1.54, 1.807) is 12.1 Å². The van der Waals surface area contributed by atoms with Crippen molar-refractivity contribution >= 4 is 15.9 Å². The van der Waals surface area contributed by atoms with E-state index in [0.717, 1.165) is 5.56 Å². The van der Waals surface area contributed by atoms with E-state index in [1.807, 2.05) is 20.8 Å². The van der Waals surface area contributed by atoms with Gasteiger partial charge in [-0.15, -0.1) is 0 Å². The molecular formula is C14H20O4S. The van der Waals surface area contributed by atoms with Crippen LogP contribution in [0.1, 0.15) is 32.3 Å². The van der Waals surface area contributed by atoms with Gasteiger partial charge in [0.15, 0.2) is 5.78 Å². The standard InChI is InChI=1S/C14H20O4S/c1-4-12(5-2)14(15)10-18-19(16,17)13-8-6-11(3)7-9-13/h6-9,12H,4-5,10H2,1-3H3. The van der Waals surface area contributed by atoms with E-state index in [4.69, 9.17) is 4.18 Å². The lowest BCUT2D eigenvalue weighted by Crippen LogP contribution is -2.21. The summed E-state index contributed by atoms with van der Waals surface area (Å²) < 4.78 is 28.6. The number of benzene rings is 1. The minimum absolute atomic E-state index is 0.0791. The van der Waals surface area contributed by atoms with E-state index < -0.39 is 10.1 Å². The molecule has 0 fully saturated rings. The van der Waals surface area contributed by atoms with Gasteiger partial charge in [0.25, 0.3) is 10.1 Å². The molecule has 1 aromatic carbocycles. The monoisotopic (exact) mass is 284 g/mol. The van der Waals surface area contributed by atoms with E-state index in [1.165, 1.54) is 12.1 Å². The summed E-state index contributed by atoms with van der Waals surface area (Å²) in [4.78, 5) is 11.8. The fraction of sp³-hybridized carbons (Fsp3) is 0.500. The smallest absolute Gasteiger partial charge is 0.297 e. The number of carbonyl (C=O) groups excluding carboxylic acids is 1. The summed E-state index contributed by atoms with van der Waals surface area (Å²) in [7, 11) is -3.84. The molecule has 5 heteroatoms. The number of rotatable bonds is 7. The van der Waals surface area contributed by atoms with Gasteiger partial charge in [0.2, 0.25) is 0 Å². The molecule has 1 rings (SSSR count). The van der Waals surface area contributed by atoms with Crippen LogP contribution in [0.2, 0.25) is 0 Å². The molecule has 0 unspecified atom stereocenters. The number of hydrogen-bond acceptors (Lipinski definition) is 4. The third-order valence-corrected chi connectivity index (χ3v) is 4.38. The quantitative estimate of drug-likeness (QED) is 0.722. The van der Waals surface area contributed by atoms with Crippen molar-refractivity contribution in [2.45, 2.75) is 38.5 Å². The molecule has 0 aliphatic heterocycles. The van der Waals surface area contributed by atoms with E-state index in [0.29, 0.717) is 12.8 Å². The fourth-order valence-electron chi connectivity index (χ4n) is 1.77. The molecule has 0 heterocycles.